The fourth-order valence-electron chi connectivity index (χ4n) is 2.79. The molecule has 2 rings (SSSR count). The number of hydrogen-bond donors (Lipinski definition) is 2. The zero-order valence-corrected chi connectivity index (χ0v) is 13.9. The van der Waals surface area contributed by atoms with Crippen LogP contribution in [-0.2, 0) is 4.79 Å². The summed E-state index contributed by atoms with van der Waals surface area (Å²) in [6.07, 6.45) is 6.54. The molecule has 1 fully saturated rings. The Labute approximate surface area is 137 Å². The zero-order valence-electron chi connectivity index (χ0n) is 13.9. The summed E-state index contributed by atoms with van der Waals surface area (Å²) in [6.45, 7) is 2.62. The van der Waals surface area contributed by atoms with Crippen molar-refractivity contribution in [3.8, 4) is 11.5 Å². The molecule has 1 saturated heterocycles. The minimum atomic E-state index is -0.0555. The Morgan fingerprint density at radius 3 is 2.61 bits per heavy atom. The van der Waals surface area contributed by atoms with Gasteiger partial charge in [0.05, 0.1) is 33.5 Å². The molecule has 0 bridgehead atoms. The minimum Gasteiger partial charge on any atom is -0.497 e. The van der Waals surface area contributed by atoms with Gasteiger partial charge < -0.3 is 14.4 Å². The molecule has 0 atom stereocenters. The normalized spacial score (nSPS) is 16.1. The van der Waals surface area contributed by atoms with E-state index in [1.165, 1.54) is 30.6 Å². The molecule has 0 aromatic heterocycles. The van der Waals surface area contributed by atoms with E-state index in [0.717, 1.165) is 18.7 Å². The van der Waals surface area contributed by atoms with Crippen LogP contribution < -0.4 is 19.8 Å². The van der Waals surface area contributed by atoms with E-state index in [9.17, 15) is 4.79 Å². The standard InChI is InChI=1S/C17H25N3O3/c1-22-15-7-8-16(23-2)14(11-15)12-18-19-17(21)13-20-9-5-3-4-6-10-20/h7-8,11-12H,3-6,9-10,13H2,1-2H3,(H,19,21)/p+1/b18-12-. The maximum absolute atomic E-state index is 12.0. The largest absolute Gasteiger partial charge is 0.497 e. The van der Waals surface area contributed by atoms with Crippen LogP contribution in [0.4, 0.5) is 0 Å². The molecule has 0 radical (unpaired) electrons. The number of methoxy groups -OCH3 is 2. The molecule has 126 valence electrons. The van der Waals surface area contributed by atoms with Crippen LogP contribution in [0.3, 0.4) is 0 Å². The van der Waals surface area contributed by atoms with E-state index in [1.807, 2.05) is 18.2 Å². The van der Waals surface area contributed by atoms with Crippen LogP contribution in [0, 0.1) is 0 Å². The van der Waals surface area contributed by atoms with Crippen molar-refractivity contribution in [1.29, 1.82) is 0 Å². The molecule has 1 aliphatic heterocycles. The maximum atomic E-state index is 12.0. The highest BCUT2D eigenvalue weighted by atomic mass is 16.5. The second-order valence-corrected chi connectivity index (χ2v) is 5.74. The van der Waals surface area contributed by atoms with E-state index >= 15 is 0 Å². The van der Waals surface area contributed by atoms with E-state index < -0.39 is 0 Å². The van der Waals surface area contributed by atoms with E-state index in [2.05, 4.69) is 10.5 Å². The summed E-state index contributed by atoms with van der Waals surface area (Å²) in [7, 11) is 3.20. The molecule has 6 nitrogen and oxygen atoms in total. The van der Waals surface area contributed by atoms with Crippen LogP contribution in [-0.4, -0.2) is 46.0 Å². The molecular weight excluding hydrogens is 294 g/mol. The molecule has 1 heterocycles. The number of carbonyl (C=O) groups is 1. The van der Waals surface area contributed by atoms with Crippen molar-refractivity contribution in [2.75, 3.05) is 33.9 Å². The van der Waals surface area contributed by atoms with Gasteiger partial charge in [0.25, 0.3) is 5.91 Å². The summed E-state index contributed by atoms with van der Waals surface area (Å²) in [5, 5.41) is 4.04. The van der Waals surface area contributed by atoms with Crippen LogP contribution in [0.5, 0.6) is 11.5 Å². The molecule has 0 aliphatic carbocycles. The van der Waals surface area contributed by atoms with Gasteiger partial charge in [-0.2, -0.15) is 5.10 Å². The second kappa shape index (κ2) is 9.15. The predicted molar refractivity (Wildman–Crippen MR) is 89.3 cm³/mol. The topological polar surface area (TPSA) is 64.4 Å². The number of ether oxygens (including phenoxy) is 2. The van der Waals surface area contributed by atoms with Crippen LogP contribution in [0.2, 0.25) is 0 Å². The minimum absolute atomic E-state index is 0.0555. The van der Waals surface area contributed by atoms with Crippen LogP contribution >= 0.6 is 0 Å². The number of likely N-dealkylation sites (tertiary alicyclic amines) is 1. The fourth-order valence-corrected chi connectivity index (χ4v) is 2.79. The third-order valence-corrected chi connectivity index (χ3v) is 4.05. The van der Waals surface area contributed by atoms with Gasteiger partial charge in [-0.1, -0.05) is 0 Å². The average Bonchev–Trinajstić information content (AvgIpc) is 2.83. The fraction of sp³-hybridized carbons (Fsp3) is 0.529. The van der Waals surface area contributed by atoms with Gasteiger partial charge in [0.2, 0.25) is 0 Å². The van der Waals surface area contributed by atoms with Gasteiger partial charge in [-0.15, -0.1) is 0 Å². The summed E-state index contributed by atoms with van der Waals surface area (Å²) < 4.78 is 10.5. The number of amides is 1. The molecule has 23 heavy (non-hydrogen) atoms. The predicted octanol–water partition coefficient (Wildman–Crippen LogP) is 0.613. The molecule has 2 N–H and O–H groups in total. The van der Waals surface area contributed by atoms with Crippen molar-refractivity contribution < 1.29 is 19.2 Å². The van der Waals surface area contributed by atoms with Gasteiger partial charge in [-0.05, 0) is 43.9 Å². The van der Waals surface area contributed by atoms with Crippen molar-refractivity contribution >= 4 is 12.1 Å². The first-order chi connectivity index (χ1) is 11.2. The summed E-state index contributed by atoms with van der Waals surface area (Å²) in [5.41, 5.74) is 3.36. The van der Waals surface area contributed by atoms with Gasteiger partial charge in [0.1, 0.15) is 11.5 Å². The lowest BCUT2D eigenvalue weighted by Gasteiger charge is -2.15. The van der Waals surface area contributed by atoms with Gasteiger partial charge in [-0.3, -0.25) is 4.79 Å². The Bertz CT molecular complexity index is 538. The monoisotopic (exact) mass is 320 g/mol. The molecule has 0 spiro atoms. The van der Waals surface area contributed by atoms with Crippen molar-refractivity contribution in [3.63, 3.8) is 0 Å². The quantitative estimate of drug-likeness (QED) is 0.596. The van der Waals surface area contributed by atoms with Gasteiger partial charge in [0, 0.05) is 5.56 Å². The molecule has 1 aromatic rings. The van der Waals surface area contributed by atoms with Gasteiger partial charge in [0.15, 0.2) is 6.54 Å². The van der Waals surface area contributed by atoms with Crippen molar-refractivity contribution in [3.05, 3.63) is 23.8 Å². The number of rotatable bonds is 6. The number of hydrogen-bond acceptors (Lipinski definition) is 4. The highest BCUT2D eigenvalue weighted by Gasteiger charge is 2.15. The second-order valence-electron chi connectivity index (χ2n) is 5.74. The van der Waals surface area contributed by atoms with E-state index in [0.29, 0.717) is 18.0 Å². The third kappa shape index (κ3) is 5.56. The third-order valence-electron chi connectivity index (χ3n) is 4.05. The summed E-state index contributed by atoms with van der Waals surface area (Å²) in [5.74, 6) is 1.34. The molecule has 1 aromatic carbocycles. The number of carbonyl (C=O) groups excluding carboxylic acids is 1. The number of benzene rings is 1. The van der Waals surface area contributed by atoms with E-state index in [4.69, 9.17) is 9.47 Å². The molecule has 6 heteroatoms. The van der Waals surface area contributed by atoms with E-state index in [-0.39, 0.29) is 5.91 Å². The van der Waals surface area contributed by atoms with Crippen LogP contribution in [0.15, 0.2) is 23.3 Å². The highest BCUT2D eigenvalue weighted by Crippen LogP contribution is 2.22. The maximum Gasteiger partial charge on any atom is 0.295 e. The number of nitrogens with zero attached hydrogens (tertiary/aromatic N) is 1. The Kier molecular flexibility index (Phi) is 6.87. The summed E-state index contributed by atoms with van der Waals surface area (Å²) in [4.78, 5) is 13.3. The number of quaternary nitrogens is 1. The SMILES string of the molecule is COc1ccc(OC)c(/C=N\NC(=O)C[NH+]2CCCCCC2)c1. The highest BCUT2D eigenvalue weighted by molar-refractivity contribution is 5.86. The van der Waals surface area contributed by atoms with Crippen molar-refractivity contribution in [2.24, 2.45) is 5.10 Å². The van der Waals surface area contributed by atoms with Gasteiger partial charge in [-0.25, -0.2) is 5.43 Å². The lowest BCUT2D eigenvalue weighted by atomic mass is 10.2. The summed E-state index contributed by atoms with van der Waals surface area (Å²) >= 11 is 0. The van der Waals surface area contributed by atoms with Crippen molar-refractivity contribution in [1.82, 2.24) is 5.43 Å². The lowest BCUT2D eigenvalue weighted by Crippen LogP contribution is -3.13. The van der Waals surface area contributed by atoms with Crippen LogP contribution in [0.25, 0.3) is 0 Å². The molecule has 0 unspecified atom stereocenters. The zero-order chi connectivity index (χ0) is 16.5. The molecule has 0 saturated carbocycles. The smallest absolute Gasteiger partial charge is 0.295 e. The Balaban J connectivity index is 1.89. The lowest BCUT2D eigenvalue weighted by molar-refractivity contribution is -0.891. The Morgan fingerprint density at radius 1 is 1.22 bits per heavy atom. The molecule has 1 amide bonds. The number of hydrazone groups is 1. The first-order valence-electron chi connectivity index (χ1n) is 8.10. The van der Waals surface area contributed by atoms with Crippen LogP contribution in [0.1, 0.15) is 31.2 Å². The number of nitrogens with one attached hydrogen (secondary N) is 2. The van der Waals surface area contributed by atoms with E-state index in [1.54, 1.807) is 20.4 Å². The van der Waals surface area contributed by atoms with Gasteiger partial charge >= 0.3 is 0 Å². The average molecular weight is 320 g/mol. The molecule has 1 aliphatic rings. The molecular formula is C17H26N3O3+. The Morgan fingerprint density at radius 2 is 1.96 bits per heavy atom. The first-order valence-corrected chi connectivity index (χ1v) is 8.10. The van der Waals surface area contributed by atoms with Crippen molar-refractivity contribution in [2.45, 2.75) is 25.7 Å². The first kappa shape index (κ1) is 17.3. The summed E-state index contributed by atoms with van der Waals surface area (Å²) in [6, 6.07) is 5.44. The Hall–Kier alpha value is -2.08.